The van der Waals surface area contributed by atoms with Crippen molar-refractivity contribution >= 4 is 0 Å². The molecule has 0 atom stereocenters. The van der Waals surface area contributed by atoms with Crippen molar-refractivity contribution < 1.29 is 9.47 Å². The Labute approximate surface area is 115 Å². The van der Waals surface area contributed by atoms with E-state index in [0.29, 0.717) is 5.92 Å². The minimum absolute atomic E-state index is 0.543. The van der Waals surface area contributed by atoms with Gasteiger partial charge in [0.1, 0.15) is 11.5 Å². The number of benzene rings is 2. The van der Waals surface area contributed by atoms with Crippen molar-refractivity contribution in [3.05, 3.63) is 48.5 Å². The molecule has 0 N–H and O–H groups in total. The molecule has 2 aromatic rings. The highest BCUT2D eigenvalue weighted by atomic mass is 16.5. The molecule has 0 saturated heterocycles. The van der Waals surface area contributed by atoms with Crippen LogP contribution < -0.4 is 9.47 Å². The van der Waals surface area contributed by atoms with Crippen molar-refractivity contribution in [2.24, 2.45) is 5.92 Å². The maximum Gasteiger partial charge on any atom is 0.119 e. The summed E-state index contributed by atoms with van der Waals surface area (Å²) in [6.45, 7) is 5.04. The van der Waals surface area contributed by atoms with Crippen LogP contribution in [-0.2, 0) is 0 Å². The highest BCUT2D eigenvalue weighted by molar-refractivity contribution is 5.64. The van der Waals surface area contributed by atoms with Gasteiger partial charge in [-0.1, -0.05) is 38.1 Å². The maximum absolute atomic E-state index is 5.67. The van der Waals surface area contributed by atoms with Gasteiger partial charge in [-0.2, -0.15) is 0 Å². The van der Waals surface area contributed by atoms with Gasteiger partial charge in [-0.25, -0.2) is 0 Å². The highest BCUT2D eigenvalue weighted by Gasteiger charge is 2.00. The zero-order valence-electron chi connectivity index (χ0n) is 11.7. The lowest BCUT2D eigenvalue weighted by atomic mass is 10.1. The zero-order chi connectivity index (χ0) is 13.7. The van der Waals surface area contributed by atoms with Crippen molar-refractivity contribution in [3.8, 4) is 22.6 Å². The second kappa shape index (κ2) is 6.28. The van der Waals surface area contributed by atoms with Crippen molar-refractivity contribution in [1.82, 2.24) is 0 Å². The Bertz CT molecular complexity index is 498. The molecule has 2 heteroatoms. The van der Waals surface area contributed by atoms with Gasteiger partial charge in [0, 0.05) is 0 Å². The van der Waals surface area contributed by atoms with Crippen LogP contribution in [0.25, 0.3) is 11.1 Å². The molecule has 0 saturated carbocycles. The first kappa shape index (κ1) is 13.5. The first-order valence-electron chi connectivity index (χ1n) is 6.56. The molecule has 0 aliphatic heterocycles. The van der Waals surface area contributed by atoms with Crippen LogP contribution in [0.5, 0.6) is 11.5 Å². The van der Waals surface area contributed by atoms with E-state index in [1.165, 1.54) is 11.1 Å². The summed E-state index contributed by atoms with van der Waals surface area (Å²) in [5.74, 6) is 2.34. The quantitative estimate of drug-likeness (QED) is 0.789. The predicted molar refractivity (Wildman–Crippen MR) is 78.8 cm³/mol. The summed E-state index contributed by atoms with van der Waals surface area (Å²) in [5, 5.41) is 0. The molecule has 0 bridgehead atoms. The van der Waals surface area contributed by atoms with E-state index in [0.717, 1.165) is 18.1 Å². The number of ether oxygens (including phenoxy) is 2. The van der Waals surface area contributed by atoms with Crippen LogP contribution in [0.15, 0.2) is 48.5 Å². The van der Waals surface area contributed by atoms with Crippen LogP contribution in [0.1, 0.15) is 13.8 Å². The third-order valence-electron chi connectivity index (χ3n) is 2.86. The summed E-state index contributed by atoms with van der Waals surface area (Å²) in [6.07, 6.45) is 0. The minimum atomic E-state index is 0.543. The molecular weight excluding hydrogens is 236 g/mol. The molecule has 0 unspecified atom stereocenters. The molecule has 100 valence electrons. The van der Waals surface area contributed by atoms with Gasteiger partial charge in [0.2, 0.25) is 0 Å². The Morgan fingerprint density at radius 2 is 1.26 bits per heavy atom. The normalized spacial score (nSPS) is 10.5. The molecule has 0 amide bonds. The lowest BCUT2D eigenvalue weighted by Gasteiger charge is -2.09. The topological polar surface area (TPSA) is 18.5 Å². The molecule has 0 heterocycles. The third-order valence-corrected chi connectivity index (χ3v) is 2.86. The molecule has 19 heavy (non-hydrogen) atoms. The monoisotopic (exact) mass is 256 g/mol. The Kier molecular flexibility index (Phi) is 4.45. The second-order valence-corrected chi connectivity index (χ2v) is 4.96. The first-order valence-corrected chi connectivity index (χ1v) is 6.56. The van der Waals surface area contributed by atoms with Crippen molar-refractivity contribution in [2.45, 2.75) is 13.8 Å². The molecule has 0 radical (unpaired) electrons. The molecule has 2 rings (SSSR count). The molecule has 0 fully saturated rings. The van der Waals surface area contributed by atoms with Crippen LogP contribution in [0.4, 0.5) is 0 Å². The SMILES string of the molecule is COc1ccc(-c2ccc(OCC(C)C)cc2)cc1. The molecule has 2 nitrogen and oxygen atoms in total. The average molecular weight is 256 g/mol. The van der Waals surface area contributed by atoms with E-state index in [9.17, 15) is 0 Å². The van der Waals surface area contributed by atoms with Gasteiger partial charge in [-0.15, -0.1) is 0 Å². The fourth-order valence-corrected chi connectivity index (χ4v) is 1.79. The van der Waals surface area contributed by atoms with Gasteiger partial charge in [0.05, 0.1) is 13.7 Å². The summed E-state index contributed by atoms with van der Waals surface area (Å²) >= 11 is 0. The Morgan fingerprint density at radius 1 is 0.789 bits per heavy atom. The number of methoxy groups -OCH3 is 1. The van der Waals surface area contributed by atoms with Gasteiger partial charge in [-0.3, -0.25) is 0 Å². The maximum atomic E-state index is 5.67. The molecule has 0 aromatic heterocycles. The van der Waals surface area contributed by atoms with Crippen LogP contribution in [0.2, 0.25) is 0 Å². The smallest absolute Gasteiger partial charge is 0.119 e. The number of rotatable bonds is 5. The largest absolute Gasteiger partial charge is 0.497 e. The van der Waals surface area contributed by atoms with Crippen LogP contribution in [0, 0.1) is 5.92 Å². The van der Waals surface area contributed by atoms with E-state index in [4.69, 9.17) is 9.47 Å². The van der Waals surface area contributed by atoms with Gasteiger partial charge in [-0.05, 0) is 41.3 Å². The number of hydrogen-bond acceptors (Lipinski definition) is 2. The first-order chi connectivity index (χ1) is 9.19. The van der Waals surface area contributed by atoms with Crippen molar-refractivity contribution in [1.29, 1.82) is 0 Å². The van der Waals surface area contributed by atoms with E-state index in [2.05, 4.69) is 38.1 Å². The standard InChI is InChI=1S/C17H20O2/c1-13(2)12-19-17-10-6-15(7-11-17)14-4-8-16(18-3)9-5-14/h4-11,13H,12H2,1-3H3. The van der Waals surface area contributed by atoms with Gasteiger partial charge >= 0.3 is 0 Å². The van der Waals surface area contributed by atoms with Crippen molar-refractivity contribution in [3.63, 3.8) is 0 Å². The van der Waals surface area contributed by atoms with Crippen LogP contribution in [-0.4, -0.2) is 13.7 Å². The highest BCUT2D eigenvalue weighted by Crippen LogP contribution is 2.24. The molecule has 2 aromatic carbocycles. The van der Waals surface area contributed by atoms with E-state index >= 15 is 0 Å². The van der Waals surface area contributed by atoms with Crippen molar-refractivity contribution in [2.75, 3.05) is 13.7 Å². The summed E-state index contributed by atoms with van der Waals surface area (Å²) < 4.78 is 10.8. The van der Waals surface area contributed by atoms with Gasteiger partial charge in [0.15, 0.2) is 0 Å². The van der Waals surface area contributed by atoms with E-state index in [1.54, 1.807) is 7.11 Å². The predicted octanol–water partition coefficient (Wildman–Crippen LogP) is 4.40. The van der Waals surface area contributed by atoms with E-state index in [1.807, 2.05) is 24.3 Å². The Hall–Kier alpha value is -1.96. The minimum Gasteiger partial charge on any atom is -0.497 e. The zero-order valence-corrected chi connectivity index (χ0v) is 11.7. The van der Waals surface area contributed by atoms with Crippen LogP contribution >= 0.6 is 0 Å². The van der Waals surface area contributed by atoms with Gasteiger partial charge in [0.25, 0.3) is 0 Å². The second-order valence-electron chi connectivity index (χ2n) is 4.96. The van der Waals surface area contributed by atoms with E-state index in [-0.39, 0.29) is 0 Å². The molecule has 0 aliphatic carbocycles. The van der Waals surface area contributed by atoms with E-state index < -0.39 is 0 Å². The lowest BCUT2D eigenvalue weighted by Crippen LogP contribution is -2.04. The van der Waals surface area contributed by atoms with Gasteiger partial charge < -0.3 is 9.47 Å². The molecule has 0 spiro atoms. The third kappa shape index (κ3) is 3.75. The molecule has 0 aliphatic rings. The Balaban J connectivity index is 2.08. The van der Waals surface area contributed by atoms with Crippen LogP contribution in [0.3, 0.4) is 0 Å². The fourth-order valence-electron chi connectivity index (χ4n) is 1.79. The fraction of sp³-hybridized carbons (Fsp3) is 0.294. The lowest BCUT2D eigenvalue weighted by molar-refractivity contribution is 0.271. The summed E-state index contributed by atoms with van der Waals surface area (Å²) in [4.78, 5) is 0. The average Bonchev–Trinajstić information content (AvgIpc) is 2.46. The number of hydrogen-bond donors (Lipinski definition) is 0. The molecular formula is C17H20O2. The Morgan fingerprint density at radius 3 is 1.68 bits per heavy atom. The summed E-state index contributed by atoms with van der Waals surface area (Å²) in [7, 11) is 1.68. The summed E-state index contributed by atoms with van der Waals surface area (Å²) in [5.41, 5.74) is 2.36. The summed E-state index contributed by atoms with van der Waals surface area (Å²) in [6, 6.07) is 16.3.